The van der Waals surface area contributed by atoms with Gasteiger partial charge in [0.2, 0.25) is 0 Å². The Bertz CT molecular complexity index is 873. The Labute approximate surface area is 133 Å². The van der Waals surface area contributed by atoms with Crippen LogP contribution in [-0.4, -0.2) is 22.5 Å². The minimum absolute atomic E-state index is 0.0556. The molecule has 0 fully saturated rings. The molecule has 2 aromatic rings. The van der Waals surface area contributed by atoms with Crippen LogP contribution in [0.15, 0.2) is 29.2 Å². The van der Waals surface area contributed by atoms with Crippen molar-refractivity contribution in [3.8, 4) is 0 Å². The average Bonchev–Trinajstić information content (AvgIpc) is 2.72. The fourth-order valence-electron chi connectivity index (χ4n) is 2.83. The summed E-state index contributed by atoms with van der Waals surface area (Å²) in [5, 5.41) is 15.2. The summed E-state index contributed by atoms with van der Waals surface area (Å²) >= 11 is 0. The number of fused-ring (bicyclic) bond motifs is 1. The summed E-state index contributed by atoms with van der Waals surface area (Å²) in [7, 11) is -4.21. The third-order valence-corrected chi connectivity index (χ3v) is 5.62. The SMILES string of the molecule is Nc1c2c(nn1S(=O)(=O)c1ccccc1[N+](=O)[O-])CCCCC2. The first-order valence-corrected chi connectivity index (χ1v) is 8.72. The van der Waals surface area contributed by atoms with Gasteiger partial charge < -0.3 is 5.73 Å². The van der Waals surface area contributed by atoms with Crippen molar-refractivity contribution in [2.24, 2.45) is 0 Å². The summed E-state index contributed by atoms with van der Waals surface area (Å²) in [4.78, 5) is 9.97. The lowest BCUT2D eigenvalue weighted by Gasteiger charge is -2.07. The number of nitro groups is 1. The van der Waals surface area contributed by atoms with Gasteiger partial charge in [-0.15, -0.1) is 4.09 Å². The number of hydrogen-bond donors (Lipinski definition) is 1. The molecule has 1 heterocycles. The number of aryl methyl sites for hydroxylation is 1. The van der Waals surface area contributed by atoms with Gasteiger partial charge in [-0.25, -0.2) is 0 Å². The molecule has 3 rings (SSSR count). The Balaban J connectivity index is 2.17. The van der Waals surface area contributed by atoms with Crippen LogP contribution in [0.4, 0.5) is 11.5 Å². The number of nitrogen functional groups attached to an aromatic ring is 1. The van der Waals surface area contributed by atoms with E-state index in [1.807, 2.05) is 0 Å². The van der Waals surface area contributed by atoms with Gasteiger partial charge in [-0.3, -0.25) is 10.1 Å². The lowest BCUT2D eigenvalue weighted by Crippen LogP contribution is -2.18. The summed E-state index contributed by atoms with van der Waals surface area (Å²) in [6, 6.07) is 5.20. The van der Waals surface area contributed by atoms with Crippen LogP contribution < -0.4 is 5.73 Å². The zero-order chi connectivity index (χ0) is 16.6. The second-order valence-corrected chi connectivity index (χ2v) is 7.18. The lowest BCUT2D eigenvalue weighted by atomic mass is 10.1. The fourth-order valence-corrected chi connectivity index (χ4v) is 4.25. The van der Waals surface area contributed by atoms with Crippen LogP contribution in [0.3, 0.4) is 0 Å². The highest BCUT2D eigenvalue weighted by Crippen LogP contribution is 2.30. The van der Waals surface area contributed by atoms with E-state index in [0.29, 0.717) is 18.5 Å². The number of nitrogens with two attached hydrogens (primary N) is 1. The molecule has 1 aromatic heterocycles. The quantitative estimate of drug-likeness (QED) is 0.519. The molecule has 0 atom stereocenters. The molecule has 1 aliphatic rings. The third-order valence-electron chi connectivity index (χ3n) is 3.98. The number of aromatic nitrogens is 2. The highest BCUT2D eigenvalue weighted by atomic mass is 32.2. The van der Waals surface area contributed by atoms with Crippen molar-refractivity contribution in [2.45, 2.75) is 37.0 Å². The molecular weight excluding hydrogens is 320 g/mol. The molecule has 23 heavy (non-hydrogen) atoms. The summed E-state index contributed by atoms with van der Waals surface area (Å²) in [5.74, 6) is 0.0556. The molecule has 0 amide bonds. The van der Waals surface area contributed by atoms with Crippen LogP contribution in [0, 0.1) is 10.1 Å². The molecule has 0 bridgehead atoms. The first-order chi connectivity index (χ1) is 10.9. The van der Waals surface area contributed by atoms with Crippen molar-refractivity contribution in [3.05, 3.63) is 45.6 Å². The van der Waals surface area contributed by atoms with Gasteiger partial charge in [0.15, 0.2) is 4.90 Å². The zero-order valence-corrected chi connectivity index (χ0v) is 13.1. The molecule has 0 aliphatic heterocycles. The van der Waals surface area contributed by atoms with Crippen molar-refractivity contribution in [1.29, 1.82) is 0 Å². The maximum absolute atomic E-state index is 12.8. The van der Waals surface area contributed by atoms with Gasteiger partial charge in [0, 0.05) is 11.6 Å². The highest BCUT2D eigenvalue weighted by molar-refractivity contribution is 7.90. The monoisotopic (exact) mass is 336 g/mol. The van der Waals surface area contributed by atoms with E-state index in [9.17, 15) is 18.5 Å². The van der Waals surface area contributed by atoms with Gasteiger partial charge in [-0.2, -0.15) is 13.5 Å². The lowest BCUT2D eigenvalue weighted by molar-refractivity contribution is -0.387. The highest BCUT2D eigenvalue weighted by Gasteiger charge is 2.31. The molecule has 9 heteroatoms. The number of benzene rings is 1. The molecule has 2 N–H and O–H groups in total. The van der Waals surface area contributed by atoms with Crippen LogP contribution in [0.1, 0.15) is 30.5 Å². The van der Waals surface area contributed by atoms with Crippen LogP contribution in [0.2, 0.25) is 0 Å². The van der Waals surface area contributed by atoms with Crippen molar-refractivity contribution in [1.82, 2.24) is 9.19 Å². The Hall–Kier alpha value is -2.42. The second-order valence-electron chi connectivity index (χ2n) is 5.44. The van der Waals surface area contributed by atoms with E-state index in [2.05, 4.69) is 5.10 Å². The zero-order valence-electron chi connectivity index (χ0n) is 12.3. The predicted octanol–water partition coefficient (Wildman–Crippen LogP) is 1.88. The number of hydrogen-bond acceptors (Lipinski definition) is 6. The molecule has 122 valence electrons. The fraction of sp³-hybridized carbons (Fsp3) is 0.357. The molecule has 0 saturated heterocycles. The standard InChI is InChI=1S/C14H16N4O4S/c15-14-10-6-2-1-3-7-11(10)16-17(14)23(21,22)13-9-5-4-8-12(13)18(19)20/h4-5,8-9H,1-3,6-7,15H2. The van der Waals surface area contributed by atoms with Gasteiger partial charge in [-0.1, -0.05) is 18.6 Å². The van der Waals surface area contributed by atoms with Crippen molar-refractivity contribution in [2.75, 3.05) is 5.73 Å². The third kappa shape index (κ3) is 2.56. The van der Waals surface area contributed by atoms with E-state index >= 15 is 0 Å². The molecule has 0 radical (unpaired) electrons. The number of anilines is 1. The number of rotatable bonds is 3. The average molecular weight is 336 g/mol. The Morgan fingerprint density at radius 1 is 1.17 bits per heavy atom. The maximum Gasteiger partial charge on any atom is 0.291 e. The number of nitrogens with zero attached hydrogens (tertiary/aromatic N) is 3. The Morgan fingerprint density at radius 3 is 2.61 bits per heavy atom. The Morgan fingerprint density at radius 2 is 1.87 bits per heavy atom. The topological polar surface area (TPSA) is 121 Å². The summed E-state index contributed by atoms with van der Waals surface area (Å²) in [6.07, 6.45) is 4.24. The molecule has 0 unspecified atom stereocenters. The summed E-state index contributed by atoms with van der Waals surface area (Å²) < 4.78 is 26.3. The number of para-hydroxylation sites is 1. The molecular formula is C14H16N4O4S. The second kappa shape index (κ2) is 5.65. The molecule has 0 spiro atoms. The first kappa shape index (κ1) is 15.5. The van der Waals surface area contributed by atoms with Crippen LogP contribution in [-0.2, 0) is 22.9 Å². The predicted molar refractivity (Wildman–Crippen MR) is 83.6 cm³/mol. The van der Waals surface area contributed by atoms with E-state index in [4.69, 9.17) is 5.73 Å². The smallest absolute Gasteiger partial charge is 0.291 e. The van der Waals surface area contributed by atoms with E-state index in [1.165, 1.54) is 18.2 Å². The van der Waals surface area contributed by atoms with E-state index in [1.54, 1.807) is 0 Å². The minimum Gasteiger partial charge on any atom is -0.383 e. The van der Waals surface area contributed by atoms with Crippen LogP contribution in [0.5, 0.6) is 0 Å². The largest absolute Gasteiger partial charge is 0.383 e. The normalized spacial score (nSPS) is 15.0. The van der Waals surface area contributed by atoms with Crippen LogP contribution in [0.25, 0.3) is 0 Å². The van der Waals surface area contributed by atoms with Crippen molar-refractivity contribution < 1.29 is 13.3 Å². The maximum atomic E-state index is 12.8. The first-order valence-electron chi connectivity index (χ1n) is 7.28. The van der Waals surface area contributed by atoms with E-state index < -0.39 is 25.5 Å². The van der Waals surface area contributed by atoms with Gasteiger partial charge >= 0.3 is 0 Å². The van der Waals surface area contributed by atoms with Gasteiger partial charge in [0.05, 0.1) is 10.6 Å². The van der Waals surface area contributed by atoms with Gasteiger partial charge in [0.25, 0.3) is 15.7 Å². The van der Waals surface area contributed by atoms with E-state index in [0.717, 1.165) is 35.0 Å². The molecule has 1 aliphatic carbocycles. The summed E-state index contributed by atoms with van der Waals surface area (Å²) in [5.41, 5.74) is 6.92. The van der Waals surface area contributed by atoms with Gasteiger partial charge in [0.1, 0.15) is 5.82 Å². The Kier molecular flexibility index (Phi) is 3.80. The summed E-state index contributed by atoms with van der Waals surface area (Å²) in [6.45, 7) is 0. The minimum atomic E-state index is -4.21. The van der Waals surface area contributed by atoms with Crippen LogP contribution >= 0.6 is 0 Å². The van der Waals surface area contributed by atoms with Gasteiger partial charge in [-0.05, 0) is 31.7 Å². The molecule has 0 saturated carbocycles. The van der Waals surface area contributed by atoms with Crippen molar-refractivity contribution in [3.63, 3.8) is 0 Å². The molecule has 1 aromatic carbocycles. The number of nitro benzene ring substituents is 1. The molecule has 8 nitrogen and oxygen atoms in total. The van der Waals surface area contributed by atoms with E-state index in [-0.39, 0.29) is 5.82 Å². The van der Waals surface area contributed by atoms with Crippen molar-refractivity contribution >= 4 is 21.5 Å².